The molecule has 0 spiro atoms. The molecular formula is C56H38N2. The van der Waals surface area contributed by atoms with Crippen molar-refractivity contribution in [2.75, 3.05) is 4.90 Å². The number of fused-ring (bicyclic) bond motifs is 6. The zero-order valence-electron chi connectivity index (χ0n) is 31.8. The van der Waals surface area contributed by atoms with Gasteiger partial charge in [-0.05, 0) is 110 Å². The van der Waals surface area contributed by atoms with E-state index in [0.717, 1.165) is 22.7 Å². The Balaban J connectivity index is 1.08. The molecule has 1 aromatic heterocycles. The highest BCUT2D eigenvalue weighted by molar-refractivity contribution is 6.19. The molecule has 58 heavy (non-hydrogen) atoms. The Morgan fingerprint density at radius 2 is 0.810 bits per heavy atom. The van der Waals surface area contributed by atoms with Crippen molar-refractivity contribution in [3.05, 3.63) is 231 Å². The zero-order valence-corrected chi connectivity index (χ0v) is 31.8. The first-order chi connectivity index (χ1) is 28.7. The molecule has 0 aliphatic heterocycles. The Morgan fingerprint density at radius 3 is 1.52 bits per heavy atom. The minimum atomic E-state index is 1.09. The molecule has 0 aliphatic rings. The number of nitrogens with zero attached hydrogens (tertiary/aromatic N) is 2. The second kappa shape index (κ2) is 14.1. The van der Waals surface area contributed by atoms with Crippen LogP contribution < -0.4 is 4.90 Å². The third kappa shape index (κ3) is 5.91. The van der Waals surface area contributed by atoms with Crippen LogP contribution in [0.5, 0.6) is 0 Å². The molecule has 0 saturated heterocycles. The lowest BCUT2D eigenvalue weighted by Crippen LogP contribution is -2.10. The first-order valence-corrected chi connectivity index (χ1v) is 19.9. The fourth-order valence-corrected chi connectivity index (χ4v) is 8.70. The first kappa shape index (κ1) is 33.6. The van der Waals surface area contributed by atoms with Crippen molar-refractivity contribution in [1.29, 1.82) is 0 Å². The Bertz CT molecular complexity index is 3200. The van der Waals surface area contributed by atoms with E-state index < -0.39 is 0 Å². The molecule has 2 heteroatoms. The van der Waals surface area contributed by atoms with Gasteiger partial charge in [0.2, 0.25) is 0 Å². The fourth-order valence-electron chi connectivity index (χ4n) is 8.70. The largest absolute Gasteiger partial charge is 0.310 e. The van der Waals surface area contributed by atoms with E-state index >= 15 is 0 Å². The second-order valence-corrected chi connectivity index (χ2v) is 15.0. The van der Waals surface area contributed by atoms with Crippen LogP contribution in [0.2, 0.25) is 0 Å². The highest BCUT2D eigenvalue weighted by Crippen LogP contribution is 2.42. The molecule has 0 unspecified atom stereocenters. The van der Waals surface area contributed by atoms with E-state index in [2.05, 4.69) is 240 Å². The van der Waals surface area contributed by atoms with Crippen LogP contribution in [0.15, 0.2) is 231 Å². The van der Waals surface area contributed by atoms with Crippen molar-refractivity contribution < 1.29 is 0 Å². The SMILES string of the molecule is c1ccc(-c2cc(-c3ccccc3)cc(N(c3ccc(-c4ccc5c6ccc7ccccc7c6n(-c6ccccc6)c5c4)cc3)c3ccc4ccccc4c3)c2)cc1. The van der Waals surface area contributed by atoms with E-state index in [1.807, 2.05) is 0 Å². The summed E-state index contributed by atoms with van der Waals surface area (Å²) in [5.74, 6) is 0. The average molecular weight is 739 g/mol. The highest BCUT2D eigenvalue weighted by Gasteiger charge is 2.19. The fraction of sp³-hybridized carbons (Fsp3) is 0. The van der Waals surface area contributed by atoms with Gasteiger partial charge in [0, 0.05) is 38.9 Å². The summed E-state index contributed by atoms with van der Waals surface area (Å²) in [6.07, 6.45) is 0. The summed E-state index contributed by atoms with van der Waals surface area (Å²) in [6.45, 7) is 0. The Labute approximate surface area is 338 Å². The maximum Gasteiger partial charge on any atom is 0.0619 e. The molecule has 0 bridgehead atoms. The van der Waals surface area contributed by atoms with Crippen LogP contribution in [-0.4, -0.2) is 4.57 Å². The number of aromatic nitrogens is 1. The maximum absolute atomic E-state index is 2.44. The predicted molar refractivity (Wildman–Crippen MR) is 247 cm³/mol. The van der Waals surface area contributed by atoms with Crippen molar-refractivity contribution >= 4 is 60.4 Å². The number of hydrogen-bond donors (Lipinski definition) is 0. The summed E-state index contributed by atoms with van der Waals surface area (Å²) in [4.78, 5) is 2.40. The first-order valence-electron chi connectivity index (χ1n) is 19.9. The molecule has 2 nitrogen and oxygen atoms in total. The van der Waals surface area contributed by atoms with Crippen molar-refractivity contribution in [2.45, 2.75) is 0 Å². The molecule has 10 aromatic carbocycles. The molecule has 0 radical (unpaired) electrons. The van der Waals surface area contributed by atoms with Crippen molar-refractivity contribution in [2.24, 2.45) is 0 Å². The van der Waals surface area contributed by atoms with Gasteiger partial charge < -0.3 is 9.47 Å². The predicted octanol–water partition coefficient (Wildman–Crippen LogP) is 15.6. The van der Waals surface area contributed by atoms with Gasteiger partial charge in [0.1, 0.15) is 0 Å². The second-order valence-electron chi connectivity index (χ2n) is 15.0. The van der Waals surface area contributed by atoms with E-state index in [1.165, 1.54) is 76.7 Å². The third-order valence-electron chi connectivity index (χ3n) is 11.5. The third-order valence-corrected chi connectivity index (χ3v) is 11.5. The minimum absolute atomic E-state index is 1.09. The topological polar surface area (TPSA) is 8.17 Å². The smallest absolute Gasteiger partial charge is 0.0619 e. The Morgan fingerprint density at radius 1 is 0.276 bits per heavy atom. The highest BCUT2D eigenvalue weighted by atomic mass is 15.1. The summed E-state index contributed by atoms with van der Waals surface area (Å²) in [7, 11) is 0. The number of anilines is 3. The molecule has 1 heterocycles. The maximum atomic E-state index is 2.44. The molecule has 272 valence electrons. The van der Waals surface area contributed by atoms with Gasteiger partial charge in [0.15, 0.2) is 0 Å². The molecule has 0 amide bonds. The van der Waals surface area contributed by atoms with Crippen molar-refractivity contribution in [3.63, 3.8) is 0 Å². The van der Waals surface area contributed by atoms with E-state index in [4.69, 9.17) is 0 Å². The number of hydrogen-bond acceptors (Lipinski definition) is 1. The summed E-state index contributed by atoms with van der Waals surface area (Å²) >= 11 is 0. The van der Waals surface area contributed by atoms with Gasteiger partial charge in [-0.1, -0.05) is 170 Å². The van der Waals surface area contributed by atoms with Gasteiger partial charge in [-0.2, -0.15) is 0 Å². The standard InChI is InChI=1S/C56H38N2/c1-4-14-39(15-5-1)46-34-47(40-16-6-2-7-17-40)37-51(36-46)57(50-31-26-41-18-10-11-20-44(41)35-50)49-29-24-42(25-30-49)45-28-32-53-54-33-27-43-19-12-13-23-52(43)56(54)58(55(53)38-45)48-21-8-3-9-22-48/h1-38H. The van der Waals surface area contributed by atoms with E-state index in [-0.39, 0.29) is 0 Å². The molecular weight excluding hydrogens is 701 g/mol. The van der Waals surface area contributed by atoms with Crippen LogP contribution in [0.1, 0.15) is 0 Å². The molecule has 0 aliphatic carbocycles. The zero-order chi connectivity index (χ0) is 38.4. The van der Waals surface area contributed by atoms with Crippen LogP contribution in [-0.2, 0) is 0 Å². The molecule has 0 saturated carbocycles. The van der Waals surface area contributed by atoms with Gasteiger partial charge in [0.05, 0.1) is 11.0 Å². The van der Waals surface area contributed by atoms with Gasteiger partial charge in [-0.15, -0.1) is 0 Å². The van der Waals surface area contributed by atoms with Gasteiger partial charge in [0.25, 0.3) is 0 Å². The molecule has 0 N–H and O–H groups in total. The number of benzene rings is 10. The van der Waals surface area contributed by atoms with Gasteiger partial charge in [-0.25, -0.2) is 0 Å². The Hall–Kier alpha value is -7.68. The monoisotopic (exact) mass is 738 g/mol. The molecule has 0 fully saturated rings. The number of rotatable bonds is 7. The normalized spacial score (nSPS) is 11.4. The lowest BCUT2D eigenvalue weighted by molar-refractivity contribution is 1.19. The molecule has 0 atom stereocenters. The van der Waals surface area contributed by atoms with Crippen LogP contribution >= 0.6 is 0 Å². The van der Waals surface area contributed by atoms with Crippen LogP contribution in [0.3, 0.4) is 0 Å². The van der Waals surface area contributed by atoms with Crippen LogP contribution in [0, 0.1) is 0 Å². The molecule has 11 aromatic rings. The lowest BCUT2D eigenvalue weighted by Gasteiger charge is -2.27. The van der Waals surface area contributed by atoms with Gasteiger partial charge >= 0.3 is 0 Å². The van der Waals surface area contributed by atoms with E-state index in [9.17, 15) is 0 Å². The van der Waals surface area contributed by atoms with Crippen molar-refractivity contribution in [3.8, 4) is 39.1 Å². The quantitative estimate of drug-likeness (QED) is 0.158. The Kier molecular flexibility index (Phi) is 8.19. The van der Waals surface area contributed by atoms with Crippen LogP contribution in [0.25, 0.3) is 82.4 Å². The van der Waals surface area contributed by atoms with Crippen LogP contribution in [0.4, 0.5) is 17.1 Å². The summed E-state index contributed by atoms with van der Waals surface area (Å²) in [5.41, 5.74) is 14.0. The van der Waals surface area contributed by atoms with E-state index in [0.29, 0.717) is 0 Å². The minimum Gasteiger partial charge on any atom is -0.310 e. The summed E-state index contributed by atoms with van der Waals surface area (Å²) in [5, 5.41) is 7.44. The van der Waals surface area contributed by atoms with E-state index in [1.54, 1.807) is 0 Å². The summed E-state index contributed by atoms with van der Waals surface area (Å²) in [6, 6.07) is 83.8. The molecule has 11 rings (SSSR count). The average Bonchev–Trinajstić information content (AvgIpc) is 3.64. The lowest BCUT2D eigenvalue weighted by atomic mass is 9.97. The number of para-hydroxylation sites is 1. The van der Waals surface area contributed by atoms with Gasteiger partial charge in [-0.3, -0.25) is 0 Å². The summed E-state index contributed by atoms with van der Waals surface area (Å²) < 4.78 is 2.44. The van der Waals surface area contributed by atoms with Crippen molar-refractivity contribution in [1.82, 2.24) is 4.57 Å².